The first kappa shape index (κ1) is 23.0. The van der Waals surface area contributed by atoms with Crippen LogP contribution in [0.15, 0.2) is 83.3 Å². The zero-order chi connectivity index (χ0) is 23.4. The van der Waals surface area contributed by atoms with Crippen molar-refractivity contribution in [1.82, 2.24) is 5.01 Å². The molecule has 3 aromatic carbocycles. The molecular formula is C26H26BrN3O3. The van der Waals surface area contributed by atoms with E-state index in [2.05, 4.69) is 21.4 Å². The highest BCUT2D eigenvalue weighted by atomic mass is 79.9. The van der Waals surface area contributed by atoms with Crippen molar-refractivity contribution in [3.8, 4) is 0 Å². The summed E-state index contributed by atoms with van der Waals surface area (Å²) >= 11 is 3.39. The van der Waals surface area contributed by atoms with Crippen molar-refractivity contribution in [3.63, 3.8) is 0 Å². The number of rotatable bonds is 8. The Kier molecular flexibility index (Phi) is 7.11. The molecule has 1 amide bonds. The molecule has 0 aromatic heterocycles. The fraction of sp³-hybridized carbons (Fsp3) is 0.231. The molecule has 7 heteroatoms. The second-order valence-corrected chi connectivity index (χ2v) is 9.11. The van der Waals surface area contributed by atoms with Gasteiger partial charge in [0.15, 0.2) is 5.78 Å². The van der Waals surface area contributed by atoms with Gasteiger partial charge in [-0.1, -0.05) is 70.5 Å². The molecule has 1 fully saturated rings. The molecule has 4 rings (SSSR count). The first-order valence-electron chi connectivity index (χ1n) is 10.8. The van der Waals surface area contributed by atoms with E-state index in [4.69, 9.17) is 10.5 Å². The van der Waals surface area contributed by atoms with E-state index in [0.29, 0.717) is 17.2 Å². The van der Waals surface area contributed by atoms with Crippen LogP contribution in [0.4, 0.5) is 10.5 Å². The normalized spacial score (nSPS) is 17.7. The van der Waals surface area contributed by atoms with E-state index in [0.717, 1.165) is 16.5 Å². The van der Waals surface area contributed by atoms with E-state index in [9.17, 15) is 9.59 Å². The highest BCUT2D eigenvalue weighted by Gasteiger charge is 2.34. The maximum absolute atomic E-state index is 13.1. The summed E-state index contributed by atoms with van der Waals surface area (Å²) in [4.78, 5) is 26.1. The van der Waals surface area contributed by atoms with Gasteiger partial charge in [0.25, 0.3) is 0 Å². The number of amides is 1. The van der Waals surface area contributed by atoms with Crippen molar-refractivity contribution in [2.24, 2.45) is 5.73 Å². The third kappa shape index (κ3) is 5.80. The van der Waals surface area contributed by atoms with Crippen molar-refractivity contribution in [3.05, 3.63) is 100 Å². The Labute approximate surface area is 201 Å². The highest BCUT2D eigenvalue weighted by Crippen LogP contribution is 2.39. The molecule has 0 radical (unpaired) electrons. The van der Waals surface area contributed by atoms with Crippen LogP contribution in [0, 0.1) is 0 Å². The molecule has 33 heavy (non-hydrogen) atoms. The zero-order valence-electron chi connectivity index (χ0n) is 18.3. The number of nitrogens with one attached hydrogen (secondary N) is 1. The smallest absolute Gasteiger partial charge is 0.429 e. The van der Waals surface area contributed by atoms with Crippen molar-refractivity contribution >= 4 is 33.5 Å². The predicted molar refractivity (Wildman–Crippen MR) is 132 cm³/mol. The number of Topliss-reactive ketones (excluding diaryl/α,β-unsaturated/α-hetero) is 1. The van der Waals surface area contributed by atoms with Gasteiger partial charge in [0.05, 0.1) is 5.69 Å². The number of nitrogens with zero attached hydrogens (tertiary/aromatic N) is 1. The van der Waals surface area contributed by atoms with Gasteiger partial charge in [-0.2, -0.15) is 0 Å². The Bertz CT molecular complexity index is 1100. The molecule has 0 bridgehead atoms. The Morgan fingerprint density at radius 3 is 2.30 bits per heavy atom. The topological polar surface area (TPSA) is 84.7 Å². The minimum absolute atomic E-state index is 0.0923. The molecule has 3 aromatic rings. The molecule has 1 aliphatic carbocycles. The van der Waals surface area contributed by atoms with E-state index in [-0.39, 0.29) is 18.4 Å². The second-order valence-electron chi connectivity index (χ2n) is 8.20. The standard InChI is InChI=1S/C26H26BrN3O3/c1-17(25(31)20-5-3-2-4-6-20)30(26(32)33-16-18-7-11-21(27)12-8-18)29-22-13-9-19(10-14-22)23-15-24(23)28/h2-14,17,23-24,29H,15-16,28H2,1H3. The van der Waals surface area contributed by atoms with Gasteiger partial charge in [-0.15, -0.1) is 0 Å². The highest BCUT2D eigenvalue weighted by molar-refractivity contribution is 9.10. The van der Waals surface area contributed by atoms with Gasteiger partial charge in [0.1, 0.15) is 12.6 Å². The number of hydrogen-bond donors (Lipinski definition) is 2. The SMILES string of the molecule is CC(C(=O)c1ccccc1)N(Nc1ccc(C2CC2N)cc1)C(=O)OCc1ccc(Br)cc1. The molecule has 3 atom stereocenters. The van der Waals surface area contributed by atoms with Gasteiger partial charge in [-0.3, -0.25) is 10.2 Å². The molecule has 0 saturated heterocycles. The molecule has 170 valence electrons. The number of nitrogens with two attached hydrogens (primary N) is 1. The number of halogens is 1. The summed E-state index contributed by atoms with van der Waals surface area (Å²) in [6.45, 7) is 1.77. The lowest BCUT2D eigenvalue weighted by molar-refractivity contribution is 0.0738. The van der Waals surface area contributed by atoms with Gasteiger partial charge in [0.2, 0.25) is 0 Å². The molecule has 0 heterocycles. The molecule has 1 aliphatic rings. The van der Waals surface area contributed by atoms with Crippen LogP contribution in [0.5, 0.6) is 0 Å². The molecule has 0 aliphatic heterocycles. The third-order valence-electron chi connectivity index (χ3n) is 5.73. The molecule has 0 spiro atoms. The summed E-state index contributed by atoms with van der Waals surface area (Å²) < 4.78 is 6.48. The molecule has 1 saturated carbocycles. The number of hydrogen-bond acceptors (Lipinski definition) is 5. The van der Waals surface area contributed by atoms with E-state index in [1.54, 1.807) is 31.2 Å². The van der Waals surface area contributed by atoms with Crippen LogP contribution in [0.1, 0.15) is 40.7 Å². The summed E-state index contributed by atoms with van der Waals surface area (Å²) in [6, 6.07) is 23.6. The maximum atomic E-state index is 13.1. The van der Waals surface area contributed by atoms with Crippen LogP contribution < -0.4 is 11.2 Å². The minimum atomic E-state index is -0.790. The predicted octanol–water partition coefficient (Wildman–Crippen LogP) is 5.50. The van der Waals surface area contributed by atoms with Crippen LogP contribution in [-0.4, -0.2) is 29.0 Å². The van der Waals surface area contributed by atoms with Crippen LogP contribution >= 0.6 is 15.9 Å². The number of anilines is 1. The van der Waals surface area contributed by atoms with Crippen LogP contribution in [-0.2, 0) is 11.3 Å². The fourth-order valence-electron chi connectivity index (χ4n) is 3.60. The fourth-order valence-corrected chi connectivity index (χ4v) is 3.86. The van der Waals surface area contributed by atoms with Gasteiger partial charge >= 0.3 is 6.09 Å². The zero-order valence-corrected chi connectivity index (χ0v) is 19.9. The summed E-state index contributed by atoms with van der Waals surface area (Å²) in [5.41, 5.74) is 12.2. The monoisotopic (exact) mass is 507 g/mol. The molecular weight excluding hydrogens is 482 g/mol. The number of hydrazine groups is 1. The summed E-state index contributed by atoms with van der Waals surface area (Å²) in [6.07, 6.45) is 0.354. The second kappa shape index (κ2) is 10.2. The first-order chi connectivity index (χ1) is 15.9. The maximum Gasteiger partial charge on any atom is 0.429 e. The largest absolute Gasteiger partial charge is 0.443 e. The van der Waals surface area contributed by atoms with E-state index in [1.165, 1.54) is 10.6 Å². The van der Waals surface area contributed by atoms with E-state index in [1.807, 2.05) is 54.6 Å². The first-order valence-corrected chi connectivity index (χ1v) is 11.6. The summed E-state index contributed by atoms with van der Waals surface area (Å²) in [7, 11) is 0. The van der Waals surface area contributed by atoms with Crippen LogP contribution in [0.3, 0.4) is 0 Å². The van der Waals surface area contributed by atoms with Gasteiger partial charge < -0.3 is 10.5 Å². The Balaban J connectivity index is 1.50. The van der Waals surface area contributed by atoms with E-state index < -0.39 is 12.1 Å². The Morgan fingerprint density at radius 2 is 1.70 bits per heavy atom. The Hall–Kier alpha value is -3.16. The van der Waals surface area contributed by atoms with Gasteiger partial charge in [-0.25, -0.2) is 9.80 Å². The number of ketones is 1. The van der Waals surface area contributed by atoms with Crippen LogP contribution in [0.2, 0.25) is 0 Å². The van der Waals surface area contributed by atoms with E-state index >= 15 is 0 Å². The summed E-state index contributed by atoms with van der Waals surface area (Å²) in [5.74, 6) is 0.203. The quantitative estimate of drug-likeness (QED) is 0.310. The third-order valence-corrected chi connectivity index (χ3v) is 6.25. The number of carbonyl (C=O) groups is 2. The van der Waals surface area contributed by atoms with Crippen molar-refractivity contribution in [2.45, 2.75) is 38.0 Å². The van der Waals surface area contributed by atoms with Crippen molar-refractivity contribution in [1.29, 1.82) is 0 Å². The summed E-state index contributed by atoms with van der Waals surface area (Å²) in [5, 5.41) is 1.24. The minimum Gasteiger partial charge on any atom is -0.443 e. The van der Waals surface area contributed by atoms with Crippen LogP contribution in [0.25, 0.3) is 0 Å². The van der Waals surface area contributed by atoms with Gasteiger partial charge in [0, 0.05) is 22.0 Å². The lowest BCUT2D eigenvalue weighted by atomic mass is 10.1. The average molecular weight is 508 g/mol. The molecule has 3 unspecified atom stereocenters. The number of ether oxygens (including phenoxy) is 1. The average Bonchev–Trinajstić information content (AvgIpc) is 3.58. The molecule has 6 nitrogen and oxygen atoms in total. The van der Waals surface area contributed by atoms with Gasteiger partial charge in [-0.05, 0) is 48.7 Å². The van der Waals surface area contributed by atoms with Crippen molar-refractivity contribution in [2.75, 3.05) is 5.43 Å². The lowest BCUT2D eigenvalue weighted by Crippen LogP contribution is -2.47. The lowest BCUT2D eigenvalue weighted by Gasteiger charge is -2.29. The van der Waals surface area contributed by atoms with Crippen molar-refractivity contribution < 1.29 is 14.3 Å². The number of carbonyl (C=O) groups excluding carboxylic acids is 2. The molecule has 3 N–H and O–H groups in total. The number of benzene rings is 3. The Morgan fingerprint density at radius 1 is 1.06 bits per heavy atom.